The molecule has 1 heterocycles. The Balaban J connectivity index is 1.61. The second-order valence-electron chi connectivity index (χ2n) is 9.61. The van der Waals surface area contributed by atoms with Crippen molar-refractivity contribution in [1.29, 1.82) is 0 Å². The minimum absolute atomic E-state index is 0.174. The molecule has 1 amide bonds. The zero-order valence-corrected chi connectivity index (χ0v) is 20.0. The molecule has 5 rings (SSSR count). The quantitative estimate of drug-likeness (QED) is 0.345. The number of carbonyl (C=O) groups is 1. The van der Waals surface area contributed by atoms with E-state index in [0.29, 0.717) is 12.8 Å². The Hall–Kier alpha value is -3.69. The second-order valence-corrected chi connectivity index (χ2v) is 9.61. The predicted molar refractivity (Wildman–Crippen MR) is 144 cm³/mol. The van der Waals surface area contributed by atoms with E-state index in [-0.39, 0.29) is 11.8 Å². The van der Waals surface area contributed by atoms with Crippen LogP contribution in [-0.4, -0.2) is 19.0 Å². The smallest absolute Gasteiger partial charge is 0.224 e. The van der Waals surface area contributed by atoms with Gasteiger partial charge in [0.2, 0.25) is 5.91 Å². The molecule has 0 saturated carbocycles. The molecule has 35 heavy (non-hydrogen) atoms. The molecule has 1 unspecified atom stereocenters. The van der Waals surface area contributed by atoms with Gasteiger partial charge in [-0.25, -0.2) is 0 Å². The lowest BCUT2D eigenvalue weighted by molar-refractivity contribution is -0.130. The molecule has 0 spiro atoms. The van der Waals surface area contributed by atoms with E-state index in [1.54, 1.807) is 0 Å². The number of nitrogens with one attached hydrogen (secondary N) is 1. The molecule has 3 heteroatoms. The second kappa shape index (κ2) is 10.3. The fourth-order valence-corrected chi connectivity index (χ4v) is 5.68. The molecule has 4 aromatic carbocycles. The minimum atomic E-state index is -0.695. The summed E-state index contributed by atoms with van der Waals surface area (Å²) >= 11 is 0. The molecule has 0 aromatic heterocycles. The Morgan fingerprint density at radius 2 is 1.17 bits per heavy atom. The summed E-state index contributed by atoms with van der Waals surface area (Å²) < 4.78 is 0. The number of nitrogens with two attached hydrogens (primary N) is 1. The number of amides is 1. The van der Waals surface area contributed by atoms with Crippen molar-refractivity contribution >= 4 is 5.91 Å². The molecule has 1 fully saturated rings. The highest BCUT2D eigenvalue weighted by molar-refractivity contribution is 5.83. The summed E-state index contributed by atoms with van der Waals surface area (Å²) in [4.78, 5) is 13.5. The van der Waals surface area contributed by atoms with Crippen LogP contribution < -0.4 is 11.1 Å². The average Bonchev–Trinajstić information content (AvgIpc) is 3.45. The average molecular weight is 461 g/mol. The first-order valence-corrected chi connectivity index (χ1v) is 12.4. The minimum Gasteiger partial charge on any atom is -0.369 e. The van der Waals surface area contributed by atoms with Crippen molar-refractivity contribution in [2.75, 3.05) is 13.1 Å². The first-order valence-electron chi connectivity index (χ1n) is 12.4. The first kappa shape index (κ1) is 23.1. The topological polar surface area (TPSA) is 55.1 Å². The lowest BCUT2D eigenvalue weighted by atomic mass is 9.65. The third kappa shape index (κ3) is 4.78. The van der Waals surface area contributed by atoms with E-state index < -0.39 is 5.41 Å². The monoisotopic (exact) mass is 460 g/mol. The molecular formula is C32H32N2O. The van der Waals surface area contributed by atoms with E-state index in [2.05, 4.69) is 102 Å². The van der Waals surface area contributed by atoms with Gasteiger partial charge in [-0.2, -0.15) is 0 Å². The van der Waals surface area contributed by atoms with Gasteiger partial charge >= 0.3 is 0 Å². The fraction of sp³-hybridized carbons (Fsp3) is 0.219. The maximum absolute atomic E-state index is 13.5. The maximum Gasteiger partial charge on any atom is 0.224 e. The highest BCUT2D eigenvalue weighted by Crippen LogP contribution is 2.42. The summed E-state index contributed by atoms with van der Waals surface area (Å²) in [5.74, 6) is -0.0374. The molecule has 1 saturated heterocycles. The normalized spacial score (nSPS) is 15.7. The van der Waals surface area contributed by atoms with Crippen LogP contribution in [0.3, 0.4) is 0 Å². The van der Waals surface area contributed by atoms with Gasteiger partial charge in [-0.15, -0.1) is 0 Å². The largest absolute Gasteiger partial charge is 0.369 e. The summed E-state index contributed by atoms with van der Waals surface area (Å²) in [7, 11) is 0. The summed E-state index contributed by atoms with van der Waals surface area (Å²) in [6.07, 6.45) is 2.18. The molecule has 1 aliphatic rings. The van der Waals surface area contributed by atoms with Gasteiger partial charge in [-0.05, 0) is 71.7 Å². The summed E-state index contributed by atoms with van der Waals surface area (Å²) in [6.45, 7) is 1.73. The molecule has 1 aliphatic heterocycles. The molecule has 0 radical (unpaired) electrons. The summed E-state index contributed by atoms with van der Waals surface area (Å²) in [5, 5.41) is 3.49. The van der Waals surface area contributed by atoms with Crippen LogP contribution in [0.15, 0.2) is 109 Å². The zero-order chi connectivity index (χ0) is 24.1. The number of benzene rings is 4. The van der Waals surface area contributed by atoms with E-state index in [1.807, 2.05) is 12.1 Å². The van der Waals surface area contributed by atoms with Gasteiger partial charge in [-0.1, -0.05) is 109 Å². The third-order valence-electron chi connectivity index (χ3n) is 7.55. The van der Waals surface area contributed by atoms with Gasteiger partial charge in [0.15, 0.2) is 0 Å². The van der Waals surface area contributed by atoms with Crippen molar-refractivity contribution < 1.29 is 4.79 Å². The predicted octanol–water partition coefficient (Wildman–Crippen LogP) is 5.89. The van der Waals surface area contributed by atoms with E-state index in [0.717, 1.165) is 30.6 Å². The van der Waals surface area contributed by atoms with Crippen molar-refractivity contribution in [3.63, 3.8) is 0 Å². The van der Waals surface area contributed by atoms with Gasteiger partial charge in [0.25, 0.3) is 0 Å². The Bertz CT molecular complexity index is 1190. The number of hydrogen-bond acceptors (Lipinski definition) is 2. The number of hydrogen-bond donors (Lipinski definition) is 2. The molecule has 0 bridgehead atoms. The highest BCUT2D eigenvalue weighted by Gasteiger charge is 2.46. The van der Waals surface area contributed by atoms with Crippen molar-refractivity contribution in [2.45, 2.75) is 19.3 Å². The van der Waals surface area contributed by atoms with Gasteiger partial charge in [0.05, 0.1) is 5.41 Å². The van der Waals surface area contributed by atoms with Crippen LogP contribution >= 0.6 is 0 Å². The van der Waals surface area contributed by atoms with Crippen molar-refractivity contribution in [1.82, 2.24) is 5.32 Å². The molecule has 176 valence electrons. The zero-order valence-electron chi connectivity index (χ0n) is 20.0. The van der Waals surface area contributed by atoms with Crippen LogP contribution in [-0.2, 0) is 17.6 Å². The van der Waals surface area contributed by atoms with E-state index >= 15 is 0 Å². The molecule has 0 aliphatic carbocycles. The van der Waals surface area contributed by atoms with Crippen molar-refractivity contribution in [3.8, 4) is 22.3 Å². The summed E-state index contributed by atoms with van der Waals surface area (Å²) in [5.41, 5.74) is 12.7. The molecule has 4 aromatic rings. The number of primary amides is 1. The van der Waals surface area contributed by atoms with Crippen LogP contribution in [0.4, 0.5) is 0 Å². The van der Waals surface area contributed by atoms with Crippen LogP contribution in [0.1, 0.15) is 17.5 Å². The lowest BCUT2D eigenvalue weighted by Gasteiger charge is -2.37. The Labute approximate surface area is 208 Å². The maximum atomic E-state index is 13.5. The molecule has 3 nitrogen and oxygen atoms in total. The van der Waals surface area contributed by atoms with Crippen LogP contribution in [0, 0.1) is 11.3 Å². The van der Waals surface area contributed by atoms with E-state index in [9.17, 15) is 4.79 Å². The van der Waals surface area contributed by atoms with Gasteiger partial charge in [0.1, 0.15) is 0 Å². The van der Waals surface area contributed by atoms with Gasteiger partial charge in [-0.3, -0.25) is 4.79 Å². The third-order valence-corrected chi connectivity index (χ3v) is 7.55. The summed E-state index contributed by atoms with van der Waals surface area (Å²) in [6, 6.07) is 37.7. The highest BCUT2D eigenvalue weighted by atomic mass is 16.1. The van der Waals surface area contributed by atoms with E-state index in [4.69, 9.17) is 5.73 Å². The Kier molecular flexibility index (Phi) is 6.78. The molecular weight excluding hydrogens is 428 g/mol. The lowest BCUT2D eigenvalue weighted by Crippen LogP contribution is -2.47. The van der Waals surface area contributed by atoms with Crippen molar-refractivity contribution in [2.24, 2.45) is 17.1 Å². The van der Waals surface area contributed by atoms with Crippen LogP contribution in [0.2, 0.25) is 0 Å². The standard InChI is InChI=1S/C32H32N2O/c33-31(35)32(28-19-20-34-23-28,21-26-15-7-9-17-29(26)24-11-3-1-4-12-24)22-27-16-8-10-18-30(27)25-13-5-2-6-14-25/h1-18,28,34H,19-23H2,(H2,33,35). The van der Waals surface area contributed by atoms with E-state index in [1.165, 1.54) is 22.3 Å². The van der Waals surface area contributed by atoms with Crippen LogP contribution in [0.5, 0.6) is 0 Å². The first-order chi connectivity index (χ1) is 17.2. The Morgan fingerprint density at radius 1 is 0.714 bits per heavy atom. The SMILES string of the molecule is NC(=O)C(Cc1ccccc1-c1ccccc1)(Cc1ccccc1-c1ccccc1)C1CCNC1. The fourth-order valence-electron chi connectivity index (χ4n) is 5.68. The number of rotatable bonds is 8. The molecule has 1 atom stereocenters. The Morgan fingerprint density at radius 3 is 1.60 bits per heavy atom. The van der Waals surface area contributed by atoms with Crippen molar-refractivity contribution in [3.05, 3.63) is 120 Å². The van der Waals surface area contributed by atoms with Gasteiger partial charge in [0, 0.05) is 0 Å². The number of carbonyl (C=O) groups excluding carboxylic acids is 1. The van der Waals surface area contributed by atoms with Crippen LogP contribution in [0.25, 0.3) is 22.3 Å². The molecule has 3 N–H and O–H groups in total. The van der Waals surface area contributed by atoms with Gasteiger partial charge < -0.3 is 11.1 Å².